The average Bonchev–Trinajstić information content (AvgIpc) is 3.21. The van der Waals surface area contributed by atoms with Crippen LogP contribution in [0.25, 0.3) is 0 Å². The molecule has 110 valence electrons. The third kappa shape index (κ3) is 4.10. The molecule has 0 aliphatic heterocycles. The van der Waals surface area contributed by atoms with Crippen molar-refractivity contribution >= 4 is 17.7 Å². The van der Waals surface area contributed by atoms with Gasteiger partial charge in [0.25, 0.3) is 0 Å². The molecule has 2 fully saturated rings. The molecule has 0 amide bonds. The van der Waals surface area contributed by atoms with Gasteiger partial charge in [-0.25, -0.2) is 0 Å². The molecule has 0 aromatic carbocycles. The Kier molecular flexibility index (Phi) is 5.54. The van der Waals surface area contributed by atoms with Gasteiger partial charge in [0, 0.05) is 17.0 Å². The number of ether oxygens (including phenoxy) is 1. The van der Waals surface area contributed by atoms with Gasteiger partial charge in [-0.15, -0.1) is 0 Å². The molecule has 2 atom stereocenters. The molecule has 5 heteroatoms. The topological polar surface area (TPSA) is 58.6 Å². The van der Waals surface area contributed by atoms with Gasteiger partial charge in [0.15, 0.2) is 0 Å². The third-order valence-electron chi connectivity index (χ3n) is 3.87. The molecule has 2 aliphatic carbocycles. The summed E-state index contributed by atoms with van der Waals surface area (Å²) in [6, 6.07) is 0.506. The van der Waals surface area contributed by atoms with Crippen molar-refractivity contribution in [3.05, 3.63) is 0 Å². The van der Waals surface area contributed by atoms with Gasteiger partial charge in [0.1, 0.15) is 5.54 Å². The second-order valence-electron chi connectivity index (χ2n) is 5.53. The minimum Gasteiger partial charge on any atom is -0.465 e. The van der Waals surface area contributed by atoms with Gasteiger partial charge in [-0.3, -0.25) is 10.1 Å². The molecule has 0 aromatic rings. The maximum Gasteiger partial charge on any atom is 0.326 e. The summed E-state index contributed by atoms with van der Waals surface area (Å²) < 4.78 is 5.31. The number of aliphatic hydroxyl groups is 1. The van der Waals surface area contributed by atoms with E-state index in [1.54, 1.807) is 11.8 Å². The Balaban J connectivity index is 2.00. The van der Waals surface area contributed by atoms with Crippen LogP contribution in [0, 0.1) is 0 Å². The molecule has 2 N–H and O–H groups in total. The Labute approximate surface area is 119 Å². The molecule has 0 radical (unpaired) electrons. The highest BCUT2D eigenvalue weighted by Gasteiger charge is 2.46. The fourth-order valence-electron chi connectivity index (χ4n) is 2.85. The van der Waals surface area contributed by atoms with Gasteiger partial charge in [-0.2, -0.15) is 11.8 Å². The number of carbonyl (C=O) groups excluding carboxylic acids is 1. The Morgan fingerprint density at radius 3 is 2.89 bits per heavy atom. The first kappa shape index (κ1) is 15.1. The van der Waals surface area contributed by atoms with Gasteiger partial charge < -0.3 is 9.84 Å². The summed E-state index contributed by atoms with van der Waals surface area (Å²) in [5.74, 6) is 0.684. The van der Waals surface area contributed by atoms with Crippen LogP contribution in [0.5, 0.6) is 0 Å². The van der Waals surface area contributed by atoms with Crippen LogP contribution in [0.15, 0.2) is 0 Å². The van der Waals surface area contributed by atoms with Crippen LogP contribution in [-0.4, -0.2) is 46.9 Å². The van der Waals surface area contributed by atoms with E-state index in [4.69, 9.17) is 9.84 Å². The fraction of sp³-hybridized carbons (Fsp3) is 0.929. The van der Waals surface area contributed by atoms with Crippen molar-refractivity contribution in [3.63, 3.8) is 0 Å². The normalized spacial score (nSPS) is 31.2. The van der Waals surface area contributed by atoms with Crippen molar-refractivity contribution in [2.75, 3.05) is 19.0 Å². The molecule has 4 nitrogen and oxygen atoms in total. The first-order valence-corrected chi connectivity index (χ1v) is 8.42. The predicted octanol–water partition coefficient (Wildman–Crippen LogP) is 1.71. The molecule has 0 spiro atoms. The van der Waals surface area contributed by atoms with E-state index in [-0.39, 0.29) is 12.6 Å². The van der Waals surface area contributed by atoms with Crippen molar-refractivity contribution in [1.29, 1.82) is 0 Å². The van der Waals surface area contributed by atoms with Crippen LogP contribution in [0.3, 0.4) is 0 Å². The maximum atomic E-state index is 12.4. The Morgan fingerprint density at radius 1 is 1.47 bits per heavy atom. The van der Waals surface area contributed by atoms with Gasteiger partial charge in [0.2, 0.25) is 0 Å². The molecule has 2 saturated carbocycles. The van der Waals surface area contributed by atoms with Gasteiger partial charge in [-0.05, 0) is 45.4 Å². The molecule has 0 heterocycles. The van der Waals surface area contributed by atoms with E-state index in [9.17, 15) is 4.79 Å². The van der Waals surface area contributed by atoms with E-state index in [1.807, 2.05) is 6.92 Å². The highest BCUT2D eigenvalue weighted by molar-refractivity contribution is 7.99. The molecular formula is C14H25NO3S. The van der Waals surface area contributed by atoms with Crippen LogP contribution in [-0.2, 0) is 9.53 Å². The Bertz CT molecular complexity index is 309. The number of hydrogen-bond donors (Lipinski definition) is 2. The molecular weight excluding hydrogens is 262 g/mol. The summed E-state index contributed by atoms with van der Waals surface area (Å²) in [6.45, 7) is 2.52. The van der Waals surface area contributed by atoms with E-state index in [0.717, 1.165) is 31.4 Å². The maximum absolute atomic E-state index is 12.4. The number of aliphatic hydroxyl groups excluding tert-OH is 1. The number of thioether (sulfide) groups is 1. The number of carbonyl (C=O) groups is 1. The summed E-state index contributed by atoms with van der Waals surface area (Å²) in [5, 5.41) is 12.9. The third-order valence-corrected chi connectivity index (χ3v) is 5.17. The lowest BCUT2D eigenvalue weighted by Crippen LogP contribution is -2.57. The van der Waals surface area contributed by atoms with Gasteiger partial charge >= 0.3 is 5.97 Å². The van der Waals surface area contributed by atoms with E-state index < -0.39 is 5.54 Å². The zero-order valence-corrected chi connectivity index (χ0v) is 12.5. The SMILES string of the molecule is CCOC(=O)C1(NC2CC2)CCCC(SCCO)C1. The van der Waals surface area contributed by atoms with Crippen molar-refractivity contribution in [2.24, 2.45) is 0 Å². The first-order valence-electron chi connectivity index (χ1n) is 7.37. The van der Waals surface area contributed by atoms with E-state index in [1.165, 1.54) is 12.8 Å². The molecule has 0 saturated heterocycles. The van der Waals surface area contributed by atoms with Crippen molar-refractivity contribution in [1.82, 2.24) is 5.32 Å². The molecule has 2 unspecified atom stereocenters. The molecule has 0 aromatic heterocycles. The van der Waals surface area contributed by atoms with E-state index in [0.29, 0.717) is 17.9 Å². The summed E-state index contributed by atoms with van der Waals surface area (Å²) in [5.41, 5.74) is -0.470. The molecule has 19 heavy (non-hydrogen) atoms. The van der Waals surface area contributed by atoms with Crippen molar-refractivity contribution in [2.45, 2.75) is 62.3 Å². The lowest BCUT2D eigenvalue weighted by Gasteiger charge is -2.39. The quantitative estimate of drug-likeness (QED) is 0.698. The zero-order chi connectivity index (χ0) is 13.7. The van der Waals surface area contributed by atoms with Gasteiger partial charge in [-0.1, -0.05) is 0 Å². The smallest absolute Gasteiger partial charge is 0.326 e. The number of rotatable bonds is 7. The fourth-order valence-corrected chi connectivity index (χ4v) is 4.02. The second-order valence-corrected chi connectivity index (χ2v) is 6.94. The lowest BCUT2D eigenvalue weighted by atomic mass is 9.81. The second kappa shape index (κ2) is 6.95. The summed E-state index contributed by atoms with van der Waals surface area (Å²) in [7, 11) is 0. The molecule has 0 bridgehead atoms. The first-order chi connectivity index (χ1) is 9.20. The molecule has 2 rings (SSSR count). The zero-order valence-electron chi connectivity index (χ0n) is 11.7. The van der Waals surface area contributed by atoms with E-state index in [2.05, 4.69) is 5.32 Å². The average molecular weight is 287 g/mol. The summed E-state index contributed by atoms with van der Waals surface area (Å²) >= 11 is 1.78. The van der Waals surface area contributed by atoms with Gasteiger partial charge in [0.05, 0.1) is 13.2 Å². The Hall–Kier alpha value is -0.260. The lowest BCUT2D eigenvalue weighted by molar-refractivity contribution is -0.152. The largest absolute Gasteiger partial charge is 0.465 e. The number of nitrogens with one attached hydrogen (secondary N) is 1. The Morgan fingerprint density at radius 2 is 2.26 bits per heavy atom. The minimum absolute atomic E-state index is 0.0730. The van der Waals surface area contributed by atoms with Crippen LogP contribution < -0.4 is 5.32 Å². The standard InChI is InChI=1S/C14H25NO3S/c1-2-18-13(17)14(15-11-5-6-11)7-3-4-12(10-14)19-9-8-16/h11-12,15-16H,2-10H2,1H3. The summed E-state index contributed by atoms with van der Waals surface area (Å²) in [4.78, 5) is 12.4. The summed E-state index contributed by atoms with van der Waals surface area (Å²) in [6.07, 6.45) is 6.27. The number of esters is 1. The monoisotopic (exact) mass is 287 g/mol. The van der Waals surface area contributed by atoms with Crippen molar-refractivity contribution in [3.8, 4) is 0 Å². The minimum atomic E-state index is -0.470. The van der Waals surface area contributed by atoms with Crippen LogP contribution in [0.2, 0.25) is 0 Å². The number of hydrogen-bond acceptors (Lipinski definition) is 5. The van der Waals surface area contributed by atoms with Crippen molar-refractivity contribution < 1.29 is 14.6 Å². The predicted molar refractivity (Wildman–Crippen MR) is 77.3 cm³/mol. The highest BCUT2D eigenvalue weighted by atomic mass is 32.2. The highest BCUT2D eigenvalue weighted by Crippen LogP contribution is 2.38. The molecule has 2 aliphatic rings. The van der Waals surface area contributed by atoms with Crippen LogP contribution in [0.4, 0.5) is 0 Å². The van der Waals surface area contributed by atoms with E-state index >= 15 is 0 Å². The van der Waals surface area contributed by atoms with Crippen LogP contribution in [0.1, 0.15) is 45.4 Å². The van der Waals surface area contributed by atoms with Crippen LogP contribution >= 0.6 is 11.8 Å².